The molecule has 1 heterocycles. The molecule has 0 unspecified atom stereocenters. The van der Waals surface area contributed by atoms with Gasteiger partial charge in [-0.2, -0.15) is 13.2 Å². The van der Waals surface area contributed by atoms with Crippen molar-refractivity contribution < 1.29 is 27.4 Å². The largest absolute Gasteiger partial charge is 0.484 e. The van der Waals surface area contributed by atoms with Gasteiger partial charge in [0.25, 0.3) is 0 Å². The smallest absolute Gasteiger partial charge is 0.422 e. The predicted molar refractivity (Wildman–Crippen MR) is 129 cm³/mol. The minimum Gasteiger partial charge on any atom is -0.484 e. The number of halogens is 3. The molecule has 1 aromatic heterocycles. The average Bonchev–Trinajstić information content (AvgIpc) is 3.58. The van der Waals surface area contributed by atoms with Gasteiger partial charge in [0.05, 0.1) is 16.9 Å². The number of alkyl halides is 3. The molecule has 2 aliphatic carbocycles. The first-order valence-corrected chi connectivity index (χ1v) is 11.9. The highest BCUT2D eigenvalue weighted by molar-refractivity contribution is 6.01. The van der Waals surface area contributed by atoms with Crippen LogP contribution < -0.4 is 15.8 Å². The lowest BCUT2D eigenvalue weighted by Gasteiger charge is -2.30. The summed E-state index contributed by atoms with van der Waals surface area (Å²) < 4.78 is 50.5. The first kappa shape index (κ1) is 23.4. The first-order chi connectivity index (χ1) is 16.7. The SMILES string of the molecule is C[C@@H](OC(=O)Nc1ccc(-c2c(N)c3ccc(OCC(F)(F)F)cc3n2C2CCC2)cc1)C1CC1. The number of aromatic nitrogens is 1. The van der Waals surface area contributed by atoms with E-state index in [1.807, 2.05) is 19.1 Å². The van der Waals surface area contributed by atoms with Crippen LogP contribution in [0.2, 0.25) is 0 Å². The summed E-state index contributed by atoms with van der Waals surface area (Å²) in [5.41, 5.74) is 10.1. The number of nitrogens with two attached hydrogens (primary N) is 1. The molecule has 0 bridgehead atoms. The number of anilines is 2. The summed E-state index contributed by atoms with van der Waals surface area (Å²) in [7, 11) is 0. The van der Waals surface area contributed by atoms with Crippen LogP contribution in [0.25, 0.3) is 22.2 Å². The lowest BCUT2D eigenvalue weighted by atomic mass is 9.92. The summed E-state index contributed by atoms with van der Waals surface area (Å²) >= 11 is 0. The summed E-state index contributed by atoms with van der Waals surface area (Å²) in [5, 5.41) is 3.53. The number of hydrogen-bond donors (Lipinski definition) is 2. The van der Waals surface area contributed by atoms with Gasteiger partial charge in [0.2, 0.25) is 0 Å². The van der Waals surface area contributed by atoms with Crippen LogP contribution in [0.4, 0.5) is 29.3 Å². The molecule has 1 amide bonds. The van der Waals surface area contributed by atoms with Gasteiger partial charge in [0.1, 0.15) is 11.9 Å². The molecular weight excluding hydrogens is 459 g/mol. The summed E-state index contributed by atoms with van der Waals surface area (Å²) in [4.78, 5) is 12.2. The zero-order valence-electron chi connectivity index (χ0n) is 19.4. The lowest BCUT2D eigenvalue weighted by Crippen LogP contribution is -2.21. The van der Waals surface area contributed by atoms with E-state index in [9.17, 15) is 18.0 Å². The summed E-state index contributed by atoms with van der Waals surface area (Å²) in [6.45, 7) is 0.559. The van der Waals surface area contributed by atoms with Gasteiger partial charge in [-0.25, -0.2) is 4.79 Å². The van der Waals surface area contributed by atoms with Crippen LogP contribution >= 0.6 is 0 Å². The van der Waals surface area contributed by atoms with Gasteiger partial charge < -0.3 is 19.8 Å². The number of rotatable bonds is 7. The summed E-state index contributed by atoms with van der Waals surface area (Å²) in [5.74, 6) is 0.608. The molecule has 9 heteroatoms. The van der Waals surface area contributed by atoms with Gasteiger partial charge in [-0.05, 0) is 69.2 Å². The fraction of sp³-hybridized carbons (Fsp3) is 0.423. The van der Waals surface area contributed by atoms with Crippen LogP contribution in [-0.2, 0) is 4.74 Å². The number of ether oxygens (including phenoxy) is 2. The van der Waals surface area contributed by atoms with Crippen molar-refractivity contribution in [3.63, 3.8) is 0 Å². The van der Waals surface area contributed by atoms with Gasteiger partial charge in [-0.3, -0.25) is 5.32 Å². The van der Waals surface area contributed by atoms with E-state index < -0.39 is 18.9 Å². The zero-order valence-corrected chi connectivity index (χ0v) is 19.4. The zero-order chi connectivity index (χ0) is 24.7. The number of nitrogens with zero attached hydrogens (tertiary/aromatic N) is 1. The molecule has 2 fully saturated rings. The van der Waals surface area contributed by atoms with E-state index in [2.05, 4.69) is 9.88 Å². The van der Waals surface area contributed by atoms with Crippen molar-refractivity contribution in [1.82, 2.24) is 4.57 Å². The minimum absolute atomic E-state index is 0.0998. The molecule has 0 saturated heterocycles. The van der Waals surface area contributed by atoms with Gasteiger partial charge >= 0.3 is 12.3 Å². The van der Waals surface area contributed by atoms with Crippen LogP contribution in [0.3, 0.4) is 0 Å². The topological polar surface area (TPSA) is 78.5 Å². The minimum atomic E-state index is -4.41. The Balaban J connectivity index is 1.42. The van der Waals surface area contributed by atoms with Crippen LogP contribution in [0.1, 0.15) is 45.1 Å². The molecule has 0 radical (unpaired) electrons. The van der Waals surface area contributed by atoms with E-state index in [1.165, 1.54) is 6.07 Å². The predicted octanol–water partition coefficient (Wildman–Crippen LogP) is 6.90. The fourth-order valence-corrected chi connectivity index (χ4v) is 4.58. The van der Waals surface area contributed by atoms with E-state index in [4.69, 9.17) is 15.2 Å². The highest BCUT2D eigenvalue weighted by Gasteiger charge is 2.31. The number of nitrogen functional groups attached to an aromatic ring is 1. The summed E-state index contributed by atoms with van der Waals surface area (Å²) in [6, 6.07) is 12.4. The quantitative estimate of drug-likeness (QED) is 0.380. The van der Waals surface area contributed by atoms with Crippen LogP contribution in [-0.4, -0.2) is 29.5 Å². The van der Waals surface area contributed by atoms with E-state index in [0.29, 0.717) is 17.3 Å². The molecule has 2 saturated carbocycles. The van der Waals surface area contributed by atoms with Gasteiger partial charge in [-0.1, -0.05) is 12.1 Å². The first-order valence-electron chi connectivity index (χ1n) is 11.9. The third kappa shape index (κ3) is 5.04. The Labute approximate surface area is 201 Å². The molecule has 0 spiro atoms. The van der Waals surface area contributed by atoms with Gasteiger partial charge in [-0.15, -0.1) is 0 Å². The molecule has 3 N–H and O–H groups in total. The van der Waals surface area contributed by atoms with Crippen LogP contribution in [0, 0.1) is 5.92 Å². The second-order valence-electron chi connectivity index (χ2n) is 9.45. The maximum absolute atomic E-state index is 12.6. The third-order valence-electron chi connectivity index (χ3n) is 6.84. The Hall–Kier alpha value is -3.36. The number of hydrogen-bond acceptors (Lipinski definition) is 4. The molecule has 3 aromatic rings. The maximum atomic E-state index is 12.6. The highest BCUT2D eigenvalue weighted by atomic mass is 19.4. The van der Waals surface area contributed by atoms with E-state index in [0.717, 1.165) is 54.3 Å². The number of benzene rings is 2. The molecule has 2 aromatic carbocycles. The Morgan fingerprint density at radius 3 is 2.46 bits per heavy atom. The van der Waals surface area contributed by atoms with Crippen molar-refractivity contribution in [2.45, 2.75) is 57.3 Å². The Morgan fingerprint density at radius 1 is 1.14 bits per heavy atom. The second-order valence-corrected chi connectivity index (χ2v) is 9.45. The highest BCUT2D eigenvalue weighted by Crippen LogP contribution is 2.45. The monoisotopic (exact) mass is 487 g/mol. The molecule has 0 aliphatic heterocycles. The Bertz CT molecular complexity index is 1230. The molecule has 5 rings (SSSR count). The number of carbonyl (C=O) groups excluding carboxylic acids is 1. The van der Waals surface area contributed by atoms with Crippen molar-refractivity contribution in [3.8, 4) is 17.0 Å². The summed E-state index contributed by atoms with van der Waals surface area (Å²) in [6.07, 6.45) is 0.211. The van der Waals surface area contributed by atoms with Crippen molar-refractivity contribution in [2.24, 2.45) is 5.92 Å². The Kier molecular flexibility index (Phi) is 6.02. The molecule has 1 atom stereocenters. The normalized spacial score (nSPS) is 17.1. The Morgan fingerprint density at radius 2 is 1.86 bits per heavy atom. The van der Waals surface area contributed by atoms with E-state index in [1.54, 1.807) is 24.3 Å². The molecule has 186 valence electrons. The average molecular weight is 488 g/mol. The maximum Gasteiger partial charge on any atom is 0.422 e. The lowest BCUT2D eigenvalue weighted by molar-refractivity contribution is -0.153. The standard InChI is InChI=1S/C26H28F3N3O3/c1-15(16-5-6-16)35-25(33)31-18-9-7-17(8-10-18)24-23(30)21-12-11-20(34-14-26(27,28)29)13-22(21)32(24)19-3-2-4-19/h7-13,15-16,19H,2-6,14,30H2,1H3,(H,31,33)/t15-/m1/s1. The number of amides is 1. The van der Waals surface area contributed by atoms with Crippen LogP contribution in [0.5, 0.6) is 5.75 Å². The fourth-order valence-electron chi connectivity index (χ4n) is 4.58. The van der Waals surface area contributed by atoms with Crippen LogP contribution in [0.15, 0.2) is 42.5 Å². The van der Waals surface area contributed by atoms with Gasteiger partial charge in [0, 0.05) is 28.7 Å². The molecule has 2 aliphatic rings. The number of carbonyl (C=O) groups is 1. The van der Waals surface area contributed by atoms with E-state index in [-0.39, 0.29) is 17.9 Å². The van der Waals surface area contributed by atoms with Crippen molar-refractivity contribution in [2.75, 3.05) is 17.7 Å². The van der Waals surface area contributed by atoms with E-state index >= 15 is 0 Å². The second kappa shape index (κ2) is 9.02. The van der Waals surface area contributed by atoms with Crippen molar-refractivity contribution in [3.05, 3.63) is 42.5 Å². The van der Waals surface area contributed by atoms with Gasteiger partial charge in [0.15, 0.2) is 6.61 Å². The molecular formula is C26H28F3N3O3. The van der Waals surface area contributed by atoms with Crippen molar-refractivity contribution in [1.29, 1.82) is 0 Å². The molecule has 35 heavy (non-hydrogen) atoms. The van der Waals surface area contributed by atoms with Crippen molar-refractivity contribution >= 4 is 28.4 Å². The number of nitrogens with one attached hydrogen (secondary N) is 1. The third-order valence-corrected chi connectivity index (χ3v) is 6.84. The molecule has 6 nitrogen and oxygen atoms in total. The number of fused-ring (bicyclic) bond motifs is 1.